The van der Waals surface area contributed by atoms with Crippen molar-refractivity contribution >= 4 is 11.5 Å². The van der Waals surface area contributed by atoms with Crippen molar-refractivity contribution in [2.75, 3.05) is 11.9 Å². The molecule has 17 heavy (non-hydrogen) atoms. The third-order valence-electron chi connectivity index (χ3n) is 2.84. The molecule has 6 heteroatoms. The fourth-order valence-corrected chi connectivity index (χ4v) is 1.97. The highest BCUT2D eigenvalue weighted by Gasteiger charge is 2.25. The molecular formula is C11H13FN4O. The van der Waals surface area contributed by atoms with Gasteiger partial charge in [-0.15, -0.1) is 5.10 Å². The third-order valence-corrected chi connectivity index (χ3v) is 2.84. The first-order chi connectivity index (χ1) is 8.33. The summed E-state index contributed by atoms with van der Waals surface area (Å²) in [5.41, 5.74) is 0.771. The topological polar surface area (TPSA) is 51.5 Å². The summed E-state index contributed by atoms with van der Waals surface area (Å²) >= 11 is 0. The summed E-state index contributed by atoms with van der Waals surface area (Å²) in [6.07, 6.45) is 3.79. The van der Waals surface area contributed by atoms with E-state index in [1.165, 1.54) is 0 Å². The maximum Gasteiger partial charge on any atom is 0.219 e. The Kier molecular flexibility index (Phi) is 2.64. The molecule has 0 amide bonds. The number of rotatable bonds is 2. The Morgan fingerprint density at radius 3 is 3.29 bits per heavy atom. The summed E-state index contributed by atoms with van der Waals surface area (Å²) in [4.78, 5) is 4.10. The minimum Gasteiger partial charge on any atom is -0.360 e. The van der Waals surface area contributed by atoms with Crippen LogP contribution < -0.4 is 5.32 Å². The zero-order chi connectivity index (χ0) is 11.7. The van der Waals surface area contributed by atoms with Gasteiger partial charge in [0.1, 0.15) is 5.82 Å². The van der Waals surface area contributed by atoms with Crippen LogP contribution in [-0.4, -0.2) is 33.6 Å². The summed E-state index contributed by atoms with van der Waals surface area (Å²) in [5, 5.41) is 7.34. The first-order valence-corrected chi connectivity index (χ1v) is 5.65. The standard InChI is InChI=1S/C11H13FN4O/c12-11-8(2-1-7-17-11)14-9-3-4-10-13-5-6-16(10)15-9/h3-6,8,11H,1-2,7H2,(H,14,15). The van der Waals surface area contributed by atoms with Gasteiger partial charge in [-0.3, -0.25) is 0 Å². The molecule has 1 N–H and O–H groups in total. The minimum absolute atomic E-state index is 0.322. The summed E-state index contributed by atoms with van der Waals surface area (Å²) in [7, 11) is 0. The second-order valence-electron chi connectivity index (χ2n) is 4.06. The van der Waals surface area contributed by atoms with Gasteiger partial charge in [0.2, 0.25) is 6.36 Å². The molecule has 90 valence electrons. The molecule has 0 aliphatic carbocycles. The molecule has 1 saturated heterocycles. The number of hydrogen-bond acceptors (Lipinski definition) is 4. The van der Waals surface area contributed by atoms with Crippen molar-refractivity contribution < 1.29 is 9.13 Å². The van der Waals surface area contributed by atoms with Crippen LogP contribution in [0, 0.1) is 0 Å². The van der Waals surface area contributed by atoms with E-state index in [9.17, 15) is 4.39 Å². The van der Waals surface area contributed by atoms with Crippen molar-refractivity contribution in [2.45, 2.75) is 25.2 Å². The number of alkyl halides is 1. The molecule has 1 aliphatic heterocycles. The molecule has 5 nitrogen and oxygen atoms in total. The average molecular weight is 236 g/mol. The SMILES string of the molecule is FC1OCCCC1Nc1ccc2nccn2n1. The summed E-state index contributed by atoms with van der Waals surface area (Å²) in [6.45, 7) is 0.493. The monoisotopic (exact) mass is 236 g/mol. The van der Waals surface area contributed by atoms with Crippen molar-refractivity contribution in [1.82, 2.24) is 14.6 Å². The van der Waals surface area contributed by atoms with Crippen LogP contribution >= 0.6 is 0 Å². The molecule has 0 aromatic carbocycles. The summed E-state index contributed by atoms with van der Waals surface area (Å²) < 4.78 is 20.1. The lowest BCUT2D eigenvalue weighted by Gasteiger charge is -2.27. The molecule has 2 aromatic rings. The Bertz CT molecular complexity index is 515. The molecule has 0 bridgehead atoms. The lowest BCUT2D eigenvalue weighted by atomic mass is 10.1. The second-order valence-corrected chi connectivity index (χ2v) is 4.06. The molecule has 0 saturated carbocycles. The molecule has 1 fully saturated rings. The zero-order valence-electron chi connectivity index (χ0n) is 9.21. The lowest BCUT2D eigenvalue weighted by Crippen LogP contribution is -2.37. The smallest absolute Gasteiger partial charge is 0.219 e. The Hall–Kier alpha value is -1.69. The van der Waals surface area contributed by atoms with Crippen molar-refractivity contribution in [3.05, 3.63) is 24.5 Å². The Labute approximate surface area is 97.6 Å². The van der Waals surface area contributed by atoms with Crippen molar-refractivity contribution in [2.24, 2.45) is 0 Å². The van der Waals surface area contributed by atoms with E-state index >= 15 is 0 Å². The van der Waals surface area contributed by atoms with Crippen molar-refractivity contribution in [1.29, 1.82) is 0 Å². The van der Waals surface area contributed by atoms with Crippen LogP contribution in [0.15, 0.2) is 24.5 Å². The van der Waals surface area contributed by atoms with Crippen molar-refractivity contribution in [3.8, 4) is 0 Å². The van der Waals surface area contributed by atoms with Gasteiger partial charge in [-0.2, -0.15) is 0 Å². The van der Waals surface area contributed by atoms with Crippen LogP contribution in [0.5, 0.6) is 0 Å². The fourth-order valence-electron chi connectivity index (χ4n) is 1.97. The molecule has 0 spiro atoms. The first-order valence-electron chi connectivity index (χ1n) is 5.65. The van der Waals surface area contributed by atoms with Gasteiger partial charge in [0.15, 0.2) is 5.65 Å². The number of aromatic nitrogens is 3. The predicted octanol–water partition coefficient (Wildman–Crippen LogP) is 1.62. The molecule has 1 aliphatic rings. The number of nitrogens with zero attached hydrogens (tertiary/aromatic N) is 3. The highest BCUT2D eigenvalue weighted by molar-refractivity contribution is 5.44. The van der Waals surface area contributed by atoms with Crippen LogP contribution in [-0.2, 0) is 4.74 Å². The predicted molar refractivity (Wildman–Crippen MR) is 60.5 cm³/mol. The quantitative estimate of drug-likeness (QED) is 0.860. The van der Waals surface area contributed by atoms with E-state index < -0.39 is 6.36 Å². The number of fused-ring (bicyclic) bond motifs is 1. The molecule has 2 atom stereocenters. The van der Waals surface area contributed by atoms with Crippen LogP contribution in [0.2, 0.25) is 0 Å². The van der Waals surface area contributed by atoms with Gasteiger partial charge in [-0.25, -0.2) is 13.9 Å². The average Bonchev–Trinajstić information content (AvgIpc) is 2.79. The van der Waals surface area contributed by atoms with Crippen LogP contribution in [0.3, 0.4) is 0 Å². The Balaban J connectivity index is 1.79. The van der Waals surface area contributed by atoms with Gasteiger partial charge in [-0.05, 0) is 25.0 Å². The first kappa shape index (κ1) is 10.5. The van der Waals surface area contributed by atoms with E-state index in [1.54, 1.807) is 23.0 Å². The Morgan fingerprint density at radius 2 is 2.41 bits per heavy atom. The van der Waals surface area contributed by atoms with Gasteiger partial charge in [0.05, 0.1) is 12.6 Å². The number of halogens is 1. The van der Waals surface area contributed by atoms with Crippen molar-refractivity contribution in [3.63, 3.8) is 0 Å². The van der Waals surface area contributed by atoms with E-state index in [2.05, 4.69) is 15.4 Å². The minimum atomic E-state index is -1.26. The number of nitrogens with one attached hydrogen (secondary N) is 1. The third kappa shape index (κ3) is 2.08. The van der Waals surface area contributed by atoms with Crippen LogP contribution in [0.25, 0.3) is 5.65 Å². The maximum absolute atomic E-state index is 13.5. The van der Waals surface area contributed by atoms with E-state index in [0.717, 1.165) is 18.5 Å². The Morgan fingerprint density at radius 1 is 1.47 bits per heavy atom. The highest BCUT2D eigenvalue weighted by Crippen LogP contribution is 2.19. The molecule has 2 aromatic heterocycles. The van der Waals surface area contributed by atoms with Gasteiger partial charge in [0.25, 0.3) is 0 Å². The van der Waals surface area contributed by atoms with Gasteiger partial charge in [-0.1, -0.05) is 0 Å². The number of hydrogen-bond donors (Lipinski definition) is 1. The normalized spacial score (nSPS) is 25.0. The molecule has 3 rings (SSSR count). The van der Waals surface area contributed by atoms with Gasteiger partial charge >= 0.3 is 0 Å². The highest BCUT2D eigenvalue weighted by atomic mass is 19.1. The van der Waals surface area contributed by atoms with Gasteiger partial charge in [0, 0.05) is 12.4 Å². The fraction of sp³-hybridized carbons (Fsp3) is 0.455. The molecular weight excluding hydrogens is 223 g/mol. The van der Waals surface area contributed by atoms with E-state index in [1.807, 2.05) is 6.07 Å². The van der Waals surface area contributed by atoms with Gasteiger partial charge < -0.3 is 10.1 Å². The largest absolute Gasteiger partial charge is 0.360 e. The van der Waals surface area contributed by atoms with Crippen LogP contribution in [0.4, 0.5) is 10.2 Å². The van der Waals surface area contributed by atoms with Crippen LogP contribution in [0.1, 0.15) is 12.8 Å². The molecule has 2 unspecified atom stereocenters. The summed E-state index contributed by atoms with van der Waals surface area (Å²) in [5.74, 6) is 0.633. The summed E-state index contributed by atoms with van der Waals surface area (Å²) in [6, 6.07) is 3.31. The number of anilines is 1. The maximum atomic E-state index is 13.5. The van der Waals surface area contributed by atoms with E-state index in [0.29, 0.717) is 12.4 Å². The number of imidazole rings is 1. The second kappa shape index (κ2) is 4.29. The molecule has 3 heterocycles. The zero-order valence-corrected chi connectivity index (χ0v) is 9.21. The van der Waals surface area contributed by atoms with E-state index in [4.69, 9.17) is 4.74 Å². The lowest BCUT2D eigenvalue weighted by molar-refractivity contribution is -0.0758. The van der Waals surface area contributed by atoms with E-state index in [-0.39, 0.29) is 6.04 Å². The molecule has 0 radical (unpaired) electrons. The number of ether oxygens (including phenoxy) is 1.